The molecule has 0 unspecified atom stereocenters. The molecule has 0 heterocycles. The van der Waals surface area contributed by atoms with Gasteiger partial charge in [-0.1, -0.05) is 12.2 Å². The topological polar surface area (TPSA) is 45.0 Å². The van der Waals surface area contributed by atoms with Crippen LogP contribution >= 0.6 is 0 Å². The fourth-order valence-electron chi connectivity index (χ4n) is 1.28. The summed E-state index contributed by atoms with van der Waals surface area (Å²) in [6.07, 6.45) is 0. The largest absolute Gasteiger partial charge is 0.380 e. The standard InChI is InChI=1S/C13H14F2N2O/c1-9(2)8-18-6-5-17-11-4-3-10(7-16)12(14)13(11)15/h3-4,17H,1,5-6,8H2,2H3. The molecule has 0 aliphatic heterocycles. The van der Waals surface area contributed by atoms with E-state index in [1.807, 2.05) is 6.92 Å². The van der Waals surface area contributed by atoms with Gasteiger partial charge < -0.3 is 10.1 Å². The number of benzene rings is 1. The summed E-state index contributed by atoms with van der Waals surface area (Å²) in [5, 5.41) is 11.2. The van der Waals surface area contributed by atoms with Gasteiger partial charge >= 0.3 is 0 Å². The molecular formula is C13H14F2N2O. The second kappa shape index (κ2) is 6.72. The third kappa shape index (κ3) is 3.82. The first-order valence-corrected chi connectivity index (χ1v) is 5.40. The first-order chi connectivity index (χ1) is 8.56. The Hall–Kier alpha value is -1.93. The van der Waals surface area contributed by atoms with Crippen LogP contribution in [0.1, 0.15) is 12.5 Å². The van der Waals surface area contributed by atoms with Gasteiger partial charge in [0.1, 0.15) is 6.07 Å². The predicted molar refractivity (Wildman–Crippen MR) is 65.2 cm³/mol. The van der Waals surface area contributed by atoms with Gasteiger partial charge in [-0.25, -0.2) is 8.78 Å². The number of hydrogen-bond donors (Lipinski definition) is 1. The third-order valence-electron chi connectivity index (χ3n) is 2.11. The zero-order chi connectivity index (χ0) is 13.5. The minimum absolute atomic E-state index is 0.0189. The van der Waals surface area contributed by atoms with Gasteiger partial charge in [-0.2, -0.15) is 5.26 Å². The van der Waals surface area contributed by atoms with E-state index in [0.717, 1.165) is 5.57 Å². The normalized spacial score (nSPS) is 9.89. The summed E-state index contributed by atoms with van der Waals surface area (Å²) in [5.74, 6) is -2.18. The first-order valence-electron chi connectivity index (χ1n) is 5.40. The fourth-order valence-corrected chi connectivity index (χ4v) is 1.28. The average molecular weight is 252 g/mol. The Morgan fingerprint density at radius 1 is 1.44 bits per heavy atom. The summed E-state index contributed by atoms with van der Waals surface area (Å²) in [6.45, 7) is 6.64. The van der Waals surface area contributed by atoms with Crippen molar-refractivity contribution in [1.29, 1.82) is 5.26 Å². The van der Waals surface area contributed by atoms with Crippen LogP contribution in [0.5, 0.6) is 0 Å². The van der Waals surface area contributed by atoms with Crippen molar-refractivity contribution >= 4 is 5.69 Å². The van der Waals surface area contributed by atoms with Gasteiger partial charge in [0.2, 0.25) is 0 Å². The van der Waals surface area contributed by atoms with Crippen molar-refractivity contribution < 1.29 is 13.5 Å². The van der Waals surface area contributed by atoms with Crippen LogP contribution in [0.2, 0.25) is 0 Å². The van der Waals surface area contributed by atoms with E-state index in [4.69, 9.17) is 10.00 Å². The average Bonchev–Trinajstić information content (AvgIpc) is 2.33. The van der Waals surface area contributed by atoms with Crippen molar-refractivity contribution in [3.63, 3.8) is 0 Å². The minimum Gasteiger partial charge on any atom is -0.380 e. The predicted octanol–water partition coefficient (Wildman–Crippen LogP) is 2.84. The number of nitrogens with one attached hydrogen (secondary N) is 1. The Kier molecular flexibility index (Phi) is 5.28. The van der Waals surface area contributed by atoms with Crippen LogP contribution < -0.4 is 5.32 Å². The highest BCUT2D eigenvalue weighted by atomic mass is 19.2. The van der Waals surface area contributed by atoms with Crippen LogP contribution in [0.25, 0.3) is 0 Å². The van der Waals surface area contributed by atoms with Crippen LogP contribution in [0.4, 0.5) is 14.5 Å². The molecule has 0 aromatic heterocycles. The molecule has 0 radical (unpaired) electrons. The van der Waals surface area contributed by atoms with Gasteiger partial charge in [0.05, 0.1) is 24.5 Å². The van der Waals surface area contributed by atoms with Crippen molar-refractivity contribution in [1.82, 2.24) is 0 Å². The maximum Gasteiger partial charge on any atom is 0.183 e. The van der Waals surface area contributed by atoms with Gasteiger partial charge in [0.15, 0.2) is 11.6 Å². The lowest BCUT2D eigenvalue weighted by atomic mass is 10.2. The van der Waals surface area contributed by atoms with Crippen molar-refractivity contribution in [2.45, 2.75) is 6.92 Å². The summed E-state index contributed by atoms with van der Waals surface area (Å²) in [7, 11) is 0. The highest BCUT2D eigenvalue weighted by Crippen LogP contribution is 2.19. The van der Waals surface area contributed by atoms with Crippen LogP contribution in [0.15, 0.2) is 24.3 Å². The van der Waals surface area contributed by atoms with Crippen LogP contribution in [-0.4, -0.2) is 19.8 Å². The van der Waals surface area contributed by atoms with Crippen LogP contribution in [0, 0.1) is 23.0 Å². The Balaban J connectivity index is 2.51. The van der Waals surface area contributed by atoms with Gasteiger partial charge in [0, 0.05) is 6.54 Å². The third-order valence-corrected chi connectivity index (χ3v) is 2.11. The van der Waals surface area contributed by atoms with E-state index in [2.05, 4.69) is 11.9 Å². The molecule has 0 spiro atoms. The van der Waals surface area contributed by atoms with Gasteiger partial charge in [0.25, 0.3) is 0 Å². The van der Waals surface area contributed by atoms with E-state index in [0.29, 0.717) is 19.8 Å². The number of hydrogen-bond acceptors (Lipinski definition) is 3. The van der Waals surface area contributed by atoms with E-state index in [9.17, 15) is 8.78 Å². The molecule has 0 atom stereocenters. The van der Waals surface area contributed by atoms with Crippen molar-refractivity contribution in [3.8, 4) is 6.07 Å². The zero-order valence-corrected chi connectivity index (χ0v) is 10.1. The lowest BCUT2D eigenvalue weighted by molar-refractivity contribution is 0.167. The Morgan fingerprint density at radius 2 is 2.17 bits per heavy atom. The lowest BCUT2D eigenvalue weighted by Gasteiger charge is -2.09. The number of nitrogens with zero attached hydrogens (tertiary/aromatic N) is 1. The van der Waals surface area contributed by atoms with Crippen LogP contribution in [0.3, 0.4) is 0 Å². The van der Waals surface area contributed by atoms with Crippen molar-refractivity contribution in [2.75, 3.05) is 25.1 Å². The molecule has 0 fully saturated rings. The maximum absolute atomic E-state index is 13.4. The Morgan fingerprint density at radius 3 is 2.78 bits per heavy atom. The lowest BCUT2D eigenvalue weighted by Crippen LogP contribution is -2.12. The summed E-state index contributed by atoms with van der Waals surface area (Å²) >= 11 is 0. The molecule has 96 valence electrons. The second-order valence-electron chi connectivity index (χ2n) is 3.84. The summed E-state index contributed by atoms with van der Waals surface area (Å²) in [4.78, 5) is 0. The van der Waals surface area contributed by atoms with Crippen molar-refractivity contribution in [3.05, 3.63) is 41.5 Å². The smallest absolute Gasteiger partial charge is 0.183 e. The van der Waals surface area contributed by atoms with Crippen molar-refractivity contribution in [2.24, 2.45) is 0 Å². The molecule has 0 aliphatic carbocycles. The van der Waals surface area contributed by atoms with Gasteiger partial charge in [-0.15, -0.1) is 0 Å². The number of ether oxygens (including phenoxy) is 1. The molecule has 3 nitrogen and oxygen atoms in total. The number of nitriles is 1. The highest BCUT2D eigenvalue weighted by Gasteiger charge is 2.12. The summed E-state index contributed by atoms with van der Waals surface area (Å²) < 4.78 is 31.9. The molecule has 0 saturated heterocycles. The Bertz CT molecular complexity index is 481. The summed E-state index contributed by atoms with van der Waals surface area (Å²) in [6, 6.07) is 4.14. The second-order valence-corrected chi connectivity index (χ2v) is 3.84. The molecule has 1 aromatic rings. The molecular weight excluding hydrogens is 238 g/mol. The van der Waals surface area contributed by atoms with E-state index in [-0.39, 0.29) is 11.3 Å². The summed E-state index contributed by atoms with van der Waals surface area (Å²) in [5.41, 5.74) is 0.604. The van der Waals surface area contributed by atoms with E-state index >= 15 is 0 Å². The molecule has 1 rings (SSSR count). The van der Waals surface area contributed by atoms with Gasteiger partial charge in [-0.05, 0) is 19.1 Å². The number of anilines is 1. The molecule has 0 aliphatic rings. The highest BCUT2D eigenvalue weighted by molar-refractivity contribution is 5.49. The van der Waals surface area contributed by atoms with Gasteiger partial charge in [-0.3, -0.25) is 0 Å². The number of halogens is 2. The molecule has 18 heavy (non-hydrogen) atoms. The monoisotopic (exact) mass is 252 g/mol. The molecule has 0 bridgehead atoms. The minimum atomic E-state index is -1.13. The Labute approximate surface area is 105 Å². The molecule has 1 N–H and O–H groups in total. The van der Waals surface area contributed by atoms with Crippen LogP contribution in [-0.2, 0) is 4.74 Å². The van der Waals surface area contributed by atoms with E-state index < -0.39 is 11.6 Å². The molecule has 0 amide bonds. The molecule has 0 saturated carbocycles. The number of rotatable bonds is 6. The maximum atomic E-state index is 13.4. The molecule has 5 heteroatoms. The quantitative estimate of drug-likeness (QED) is 0.625. The first kappa shape index (κ1) is 14.1. The van der Waals surface area contributed by atoms with E-state index in [1.165, 1.54) is 12.1 Å². The SMILES string of the molecule is C=C(C)COCCNc1ccc(C#N)c(F)c1F. The molecule has 1 aromatic carbocycles. The zero-order valence-electron chi connectivity index (χ0n) is 10.1. The fraction of sp³-hybridized carbons (Fsp3) is 0.308. The van der Waals surface area contributed by atoms with E-state index in [1.54, 1.807) is 6.07 Å².